The number of fused-ring (bicyclic) bond motifs is 5. The van der Waals surface area contributed by atoms with E-state index in [1.54, 1.807) is 18.6 Å². The first-order chi connectivity index (χ1) is 18.1. The van der Waals surface area contributed by atoms with Gasteiger partial charge in [0.2, 0.25) is 0 Å². The number of nitriles is 1. The molecule has 0 N–H and O–H groups in total. The van der Waals surface area contributed by atoms with Crippen LogP contribution in [0.15, 0.2) is 42.9 Å². The van der Waals surface area contributed by atoms with Crippen molar-refractivity contribution in [2.24, 2.45) is 10.8 Å². The van der Waals surface area contributed by atoms with Crippen molar-refractivity contribution in [1.29, 1.82) is 5.26 Å². The number of aromatic nitrogens is 7. The predicted molar refractivity (Wildman–Crippen MR) is 134 cm³/mol. The zero-order valence-electron chi connectivity index (χ0n) is 21.6. The van der Waals surface area contributed by atoms with E-state index < -0.39 is 22.5 Å². The minimum atomic E-state index is -0.665. The molecule has 0 aliphatic heterocycles. The molecule has 2 atom stereocenters. The van der Waals surface area contributed by atoms with Crippen molar-refractivity contribution in [1.82, 2.24) is 34.9 Å². The van der Waals surface area contributed by atoms with Crippen molar-refractivity contribution in [3.05, 3.63) is 77.3 Å². The summed E-state index contributed by atoms with van der Waals surface area (Å²) in [6.07, 6.45) is 5.36. The standard InChI is InChI=1S/C28H26F2N8/c1-26(2,14-31)13-22-33-15-38(37-22)25-32-11-9-21(34-25)28-10-8-17(27(28,3)4)16-12-20(35-36-24(16)28)23-18(29)6-5-7-19(23)30/h5-7,9,11-12,15,17H,8,10,13H2,1-4H3/t17-,28-/m0/s1. The van der Waals surface area contributed by atoms with Gasteiger partial charge in [-0.1, -0.05) is 19.9 Å². The maximum Gasteiger partial charge on any atom is 0.252 e. The van der Waals surface area contributed by atoms with Gasteiger partial charge in [-0.15, -0.1) is 10.2 Å². The van der Waals surface area contributed by atoms with Crippen LogP contribution in [0.1, 0.15) is 69.2 Å². The molecule has 10 heteroatoms. The largest absolute Gasteiger partial charge is 0.252 e. The first kappa shape index (κ1) is 24.2. The quantitative estimate of drug-likeness (QED) is 0.367. The van der Waals surface area contributed by atoms with Crippen molar-refractivity contribution in [3.63, 3.8) is 0 Å². The van der Waals surface area contributed by atoms with E-state index in [2.05, 4.69) is 45.2 Å². The Morgan fingerprint density at radius 2 is 1.89 bits per heavy atom. The summed E-state index contributed by atoms with van der Waals surface area (Å²) in [7, 11) is 0. The molecule has 0 saturated heterocycles. The van der Waals surface area contributed by atoms with E-state index in [1.807, 2.05) is 19.9 Å². The zero-order chi connectivity index (χ0) is 26.9. The fourth-order valence-electron chi connectivity index (χ4n) is 6.36. The molecule has 0 amide bonds. The molecule has 192 valence electrons. The summed E-state index contributed by atoms with van der Waals surface area (Å²) in [5, 5.41) is 22.8. The van der Waals surface area contributed by atoms with Crippen molar-refractivity contribution >= 4 is 0 Å². The van der Waals surface area contributed by atoms with Crippen LogP contribution in [0.5, 0.6) is 0 Å². The van der Waals surface area contributed by atoms with E-state index >= 15 is 0 Å². The molecular formula is C28H26F2N8. The summed E-state index contributed by atoms with van der Waals surface area (Å²) in [4.78, 5) is 13.7. The maximum absolute atomic E-state index is 14.5. The fourth-order valence-corrected chi connectivity index (χ4v) is 6.36. The van der Waals surface area contributed by atoms with Gasteiger partial charge in [0.05, 0.1) is 39.5 Å². The maximum atomic E-state index is 14.5. The van der Waals surface area contributed by atoms with Crippen molar-refractivity contribution in [2.45, 2.75) is 58.3 Å². The minimum absolute atomic E-state index is 0.131. The highest BCUT2D eigenvalue weighted by Crippen LogP contribution is 2.69. The van der Waals surface area contributed by atoms with Gasteiger partial charge in [0.1, 0.15) is 18.0 Å². The summed E-state index contributed by atoms with van der Waals surface area (Å²) < 4.78 is 30.6. The van der Waals surface area contributed by atoms with Crippen molar-refractivity contribution in [3.8, 4) is 23.3 Å². The molecule has 4 aromatic rings. The Morgan fingerprint density at radius 1 is 1.13 bits per heavy atom. The van der Waals surface area contributed by atoms with Crippen LogP contribution in [0, 0.1) is 33.8 Å². The average molecular weight is 513 g/mol. The molecule has 1 aromatic carbocycles. The Kier molecular flexibility index (Phi) is 5.22. The first-order valence-electron chi connectivity index (χ1n) is 12.6. The predicted octanol–water partition coefficient (Wildman–Crippen LogP) is 5.09. The smallest absolute Gasteiger partial charge is 0.220 e. The number of rotatable bonds is 5. The topological polar surface area (TPSA) is 106 Å². The third-order valence-corrected chi connectivity index (χ3v) is 8.33. The van der Waals surface area contributed by atoms with Crippen LogP contribution in [0.3, 0.4) is 0 Å². The summed E-state index contributed by atoms with van der Waals surface area (Å²) in [5.74, 6) is -0.290. The van der Waals surface area contributed by atoms with Crippen LogP contribution in [0.2, 0.25) is 0 Å². The van der Waals surface area contributed by atoms with Gasteiger partial charge in [0.25, 0.3) is 5.95 Å². The highest BCUT2D eigenvalue weighted by atomic mass is 19.1. The van der Waals surface area contributed by atoms with E-state index in [4.69, 9.17) is 4.98 Å². The Bertz CT molecular complexity index is 1600. The molecule has 8 nitrogen and oxygen atoms in total. The highest BCUT2D eigenvalue weighted by molar-refractivity contribution is 5.64. The second-order valence-corrected chi connectivity index (χ2v) is 11.4. The molecule has 0 spiro atoms. The van der Waals surface area contributed by atoms with Crippen LogP contribution in [-0.2, 0) is 11.8 Å². The molecule has 6 rings (SSSR count). The molecule has 2 bridgehead atoms. The first-order valence-corrected chi connectivity index (χ1v) is 12.6. The van der Waals surface area contributed by atoms with Crippen LogP contribution >= 0.6 is 0 Å². The lowest BCUT2D eigenvalue weighted by atomic mass is 9.66. The van der Waals surface area contributed by atoms with E-state index in [9.17, 15) is 14.0 Å². The van der Waals surface area contributed by atoms with Crippen molar-refractivity contribution < 1.29 is 8.78 Å². The van der Waals surface area contributed by atoms with Gasteiger partial charge in [-0.2, -0.15) is 15.0 Å². The molecule has 2 aliphatic rings. The molecule has 0 radical (unpaired) electrons. The zero-order valence-corrected chi connectivity index (χ0v) is 21.6. The Morgan fingerprint density at radius 3 is 2.63 bits per heavy atom. The summed E-state index contributed by atoms with van der Waals surface area (Å²) in [6, 6.07) is 9.74. The minimum Gasteiger partial charge on any atom is -0.220 e. The monoisotopic (exact) mass is 512 g/mol. The molecule has 2 aliphatic carbocycles. The molecule has 3 aromatic heterocycles. The fraction of sp³-hybridized carbons (Fsp3) is 0.393. The van der Waals surface area contributed by atoms with Crippen LogP contribution in [0.4, 0.5) is 8.78 Å². The van der Waals surface area contributed by atoms with Crippen LogP contribution in [0.25, 0.3) is 17.2 Å². The molecule has 1 fully saturated rings. The Hall–Kier alpha value is -4.13. The van der Waals surface area contributed by atoms with Gasteiger partial charge in [-0.05, 0) is 67.9 Å². The second-order valence-electron chi connectivity index (χ2n) is 11.4. The molecular weight excluding hydrogens is 486 g/mol. The van der Waals surface area contributed by atoms with Gasteiger partial charge >= 0.3 is 0 Å². The van der Waals surface area contributed by atoms with Gasteiger partial charge < -0.3 is 0 Å². The van der Waals surface area contributed by atoms with E-state index in [0.717, 1.165) is 29.8 Å². The van der Waals surface area contributed by atoms with Crippen LogP contribution in [-0.4, -0.2) is 34.9 Å². The second kappa shape index (κ2) is 8.18. The highest BCUT2D eigenvalue weighted by Gasteiger charge is 2.65. The number of hydrogen-bond donors (Lipinski definition) is 0. The average Bonchev–Trinajstić information content (AvgIpc) is 3.51. The van der Waals surface area contributed by atoms with Gasteiger partial charge in [-0.3, -0.25) is 0 Å². The lowest BCUT2D eigenvalue weighted by molar-refractivity contribution is 0.242. The number of hydrogen-bond acceptors (Lipinski definition) is 7. The summed E-state index contributed by atoms with van der Waals surface area (Å²) in [6.45, 7) is 8.06. The van der Waals surface area contributed by atoms with Crippen LogP contribution < -0.4 is 0 Å². The number of halogens is 2. The van der Waals surface area contributed by atoms with E-state index in [-0.39, 0.29) is 22.6 Å². The molecule has 1 saturated carbocycles. The lowest BCUT2D eigenvalue weighted by Crippen LogP contribution is -2.38. The third kappa shape index (κ3) is 3.37. The molecule has 0 unspecified atom stereocenters. The van der Waals surface area contributed by atoms with Gasteiger partial charge in [0, 0.05) is 12.6 Å². The normalized spacial score (nSPS) is 21.3. The SMILES string of the molecule is CC(C)(C#N)Cc1ncn(-c2nccc([C@@]34CC[C@@H](c5cc(-c6c(F)cccc6F)nnc53)C4(C)C)n2)n1. The number of nitrogens with zero attached hydrogens (tertiary/aromatic N) is 8. The number of benzene rings is 1. The lowest BCUT2D eigenvalue weighted by Gasteiger charge is -2.37. The Balaban J connectivity index is 1.43. The molecule has 38 heavy (non-hydrogen) atoms. The van der Waals surface area contributed by atoms with E-state index in [1.165, 1.54) is 22.9 Å². The summed E-state index contributed by atoms with van der Waals surface area (Å²) >= 11 is 0. The van der Waals surface area contributed by atoms with Gasteiger partial charge in [-0.25, -0.2) is 23.7 Å². The van der Waals surface area contributed by atoms with E-state index in [0.29, 0.717) is 18.2 Å². The van der Waals surface area contributed by atoms with Gasteiger partial charge in [0.15, 0.2) is 5.82 Å². The Labute approximate surface area is 218 Å². The van der Waals surface area contributed by atoms with Crippen molar-refractivity contribution in [2.75, 3.05) is 0 Å². The molecule has 3 heterocycles. The summed E-state index contributed by atoms with van der Waals surface area (Å²) in [5.41, 5.74) is 1.16. The third-order valence-electron chi connectivity index (χ3n) is 8.33.